The lowest BCUT2D eigenvalue weighted by molar-refractivity contribution is 0.180. The third-order valence-electron chi connectivity index (χ3n) is 7.38. The van der Waals surface area contributed by atoms with Gasteiger partial charge in [0.2, 0.25) is 0 Å². The highest BCUT2D eigenvalue weighted by atomic mass is 32.1. The van der Waals surface area contributed by atoms with Crippen molar-refractivity contribution in [3.05, 3.63) is 106 Å². The number of ether oxygens (including phenoxy) is 1. The lowest BCUT2D eigenvalue weighted by Gasteiger charge is -2.31. The summed E-state index contributed by atoms with van der Waals surface area (Å²) in [4.78, 5) is 17.4. The summed E-state index contributed by atoms with van der Waals surface area (Å²) in [5.74, 6) is 0.798. The number of nitrogens with zero attached hydrogens (tertiary/aromatic N) is 2. The van der Waals surface area contributed by atoms with Gasteiger partial charge in [-0.2, -0.15) is 0 Å². The maximum atomic E-state index is 13.9. The summed E-state index contributed by atoms with van der Waals surface area (Å²) in [7, 11) is 1.69. The van der Waals surface area contributed by atoms with E-state index in [4.69, 9.17) is 4.74 Å². The number of fused-ring (bicyclic) bond motifs is 5. The van der Waals surface area contributed by atoms with Crippen LogP contribution in [0.1, 0.15) is 51.7 Å². The van der Waals surface area contributed by atoms with Crippen LogP contribution in [0.4, 0.5) is 4.79 Å². The monoisotopic (exact) mass is 497 g/mol. The van der Waals surface area contributed by atoms with Gasteiger partial charge >= 0.3 is 6.03 Å². The van der Waals surface area contributed by atoms with Gasteiger partial charge in [0.25, 0.3) is 0 Å². The number of amides is 2. The number of carbonyl (C=O) groups is 1. The van der Waals surface area contributed by atoms with E-state index in [1.54, 1.807) is 7.11 Å². The summed E-state index contributed by atoms with van der Waals surface area (Å²) >= 11 is 1.91. The molecule has 2 amide bonds. The molecular formula is C30H31N3O2S. The first-order valence-electron chi connectivity index (χ1n) is 12.8. The number of urea groups is 1. The molecule has 36 heavy (non-hydrogen) atoms. The Morgan fingerprint density at radius 2 is 1.89 bits per heavy atom. The molecule has 0 saturated heterocycles. The van der Waals surface area contributed by atoms with Gasteiger partial charge in [-0.05, 0) is 73.1 Å². The van der Waals surface area contributed by atoms with Crippen LogP contribution in [0.3, 0.4) is 0 Å². The van der Waals surface area contributed by atoms with Crippen LogP contribution in [0.25, 0.3) is 5.00 Å². The third-order valence-corrected chi connectivity index (χ3v) is 8.72. The van der Waals surface area contributed by atoms with Crippen LogP contribution >= 0.6 is 11.3 Å². The van der Waals surface area contributed by atoms with Crippen molar-refractivity contribution < 1.29 is 9.53 Å². The van der Waals surface area contributed by atoms with Crippen molar-refractivity contribution in [1.82, 2.24) is 14.8 Å². The first-order chi connectivity index (χ1) is 17.7. The molecule has 0 radical (unpaired) electrons. The van der Waals surface area contributed by atoms with E-state index in [0.29, 0.717) is 13.1 Å². The SMILES string of the molecule is COc1cccc([C@@H]2c3cccn3-c3sc4c(c3CN2C(=O)NCCc2ccccc2)CCCC4)c1. The Kier molecular flexibility index (Phi) is 6.28. The Bertz CT molecular complexity index is 1370. The number of thiophene rings is 1. The van der Waals surface area contributed by atoms with Gasteiger partial charge in [-0.15, -0.1) is 11.3 Å². The molecule has 1 atom stereocenters. The topological polar surface area (TPSA) is 46.5 Å². The first-order valence-corrected chi connectivity index (χ1v) is 13.6. The average Bonchev–Trinajstić information content (AvgIpc) is 3.51. The van der Waals surface area contributed by atoms with Crippen molar-refractivity contribution in [3.63, 3.8) is 0 Å². The largest absolute Gasteiger partial charge is 0.497 e. The van der Waals surface area contributed by atoms with E-state index in [1.807, 2.05) is 46.6 Å². The van der Waals surface area contributed by atoms with Crippen LogP contribution in [-0.2, 0) is 25.8 Å². The number of hydrogen-bond donors (Lipinski definition) is 1. The molecule has 2 aliphatic rings. The zero-order chi connectivity index (χ0) is 24.5. The van der Waals surface area contributed by atoms with Crippen molar-refractivity contribution >= 4 is 17.4 Å². The van der Waals surface area contributed by atoms with Gasteiger partial charge < -0.3 is 19.5 Å². The van der Waals surface area contributed by atoms with E-state index in [0.717, 1.165) is 36.3 Å². The maximum Gasteiger partial charge on any atom is 0.318 e. The molecule has 0 unspecified atom stereocenters. The van der Waals surface area contributed by atoms with Crippen molar-refractivity contribution in [2.75, 3.05) is 13.7 Å². The molecule has 2 aromatic heterocycles. The summed E-state index contributed by atoms with van der Waals surface area (Å²) in [6.07, 6.45) is 7.68. The van der Waals surface area contributed by atoms with Gasteiger partial charge in [-0.1, -0.05) is 42.5 Å². The summed E-state index contributed by atoms with van der Waals surface area (Å²) in [5, 5.41) is 4.51. The lowest BCUT2D eigenvalue weighted by atomic mass is 9.95. The highest BCUT2D eigenvalue weighted by Crippen LogP contribution is 2.44. The van der Waals surface area contributed by atoms with Crippen LogP contribution in [0, 0.1) is 0 Å². The zero-order valence-electron chi connectivity index (χ0n) is 20.6. The average molecular weight is 498 g/mol. The number of nitrogens with one attached hydrogen (secondary N) is 1. The molecule has 1 aliphatic heterocycles. The van der Waals surface area contributed by atoms with Gasteiger partial charge in [0, 0.05) is 23.2 Å². The molecule has 0 spiro atoms. The summed E-state index contributed by atoms with van der Waals surface area (Å²) in [6, 6.07) is 22.4. The first kappa shape index (κ1) is 22.9. The van der Waals surface area contributed by atoms with Crippen LogP contribution < -0.4 is 10.1 Å². The molecule has 4 aromatic rings. The van der Waals surface area contributed by atoms with E-state index in [2.05, 4.69) is 52.5 Å². The molecule has 1 aliphatic carbocycles. The standard InChI is InChI=1S/C30H31N3O2S/c1-35-23-12-7-11-22(19-23)28-26-14-8-18-32(26)29-25(24-13-5-6-15-27(24)36-29)20-33(28)30(34)31-17-16-21-9-3-2-4-10-21/h2-4,7-12,14,18-19,28H,5-6,13,15-17,20H2,1H3,(H,31,34)/t28-/m1/s1. The van der Waals surface area contributed by atoms with Crippen LogP contribution in [0.15, 0.2) is 72.9 Å². The normalized spacial score (nSPS) is 16.5. The maximum absolute atomic E-state index is 13.9. The zero-order valence-corrected chi connectivity index (χ0v) is 21.4. The number of aromatic nitrogens is 1. The van der Waals surface area contributed by atoms with Gasteiger partial charge in [0.15, 0.2) is 0 Å². The number of aryl methyl sites for hydroxylation is 1. The molecule has 3 heterocycles. The molecule has 0 fully saturated rings. The minimum Gasteiger partial charge on any atom is -0.497 e. The fourth-order valence-corrected chi connectivity index (χ4v) is 7.01. The number of hydrogen-bond acceptors (Lipinski definition) is 3. The molecule has 2 aromatic carbocycles. The van der Waals surface area contributed by atoms with Crippen LogP contribution in [0.2, 0.25) is 0 Å². The second-order valence-electron chi connectivity index (χ2n) is 9.57. The second-order valence-corrected chi connectivity index (χ2v) is 10.7. The Morgan fingerprint density at radius 3 is 2.75 bits per heavy atom. The second kappa shape index (κ2) is 9.86. The van der Waals surface area contributed by atoms with Crippen molar-refractivity contribution in [2.24, 2.45) is 0 Å². The summed E-state index contributed by atoms with van der Waals surface area (Å²) < 4.78 is 7.87. The number of rotatable bonds is 5. The van der Waals surface area contributed by atoms with E-state index >= 15 is 0 Å². The van der Waals surface area contributed by atoms with Crippen LogP contribution in [0.5, 0.6) is 5.75 Å². The summed E-state index contributed by atoms with van der Waals surface area (Å²) in [6.45, 7) is 1.20. The molecule has 6 rings (SSSR count). The third kappa shape index (κ3) is 4.20. The van der Waals surface area contributed by atoms with E-state index < -0.39 is 0 Å². The Balaban J connectivity index is 1.40. The Labute approximate surface area is 216 Å². The van der Waals surface area contributed by atoms with Crippen molar-refractivity contribution in [2.45, 2.75) is 44.7 Å². The molecule has 0 saturated carbocycles. The highest BCUT2D eigenvalue weighted by molar-refractivity contribution is 7.15. The smallest absolute Gasteiger partial charge is 0.318 e. The van der Waals surface area contributed by atoms with Gasteiger partial charge in [-0.25, -0.2) is 4.79 Å². The summed E-state index contributed by atoms with van der Waals surface area (Å²) in [5.41, 5.74) is 6.17. The minimum atomic E-state index is -0.217. The molecular weight excluding hydrogens is 466 g/mol. The van der Waals surface area contributed by atoms with Gasteiger partial charge in [0.05, 0.1) is 25.4 Å². The van der Waals surface area contributed by atoms with Gasteiger partial charge in [-0.3, -0.25) is 0 Å². The van der Waals surface area contributed by atoms with E-state index in [9.17, 15) is 4.79 Å². The quantitative estimate of drug-likeness (QED) is 0.353. The highest BCUT2D eigenvalue weighted by Gasteiger charge is 2.36. The fourth-order valence-electron chi connectivity index (χ4n) is 5.61. The predicted octanol–water partition coefficient (Wildman–Crippen LogP) is 6.28. The molecule has 184 valence electrons. The lowest BCUT2D eigenvalue weighted by Crippen LogP contribution is -2.42. The minimum absolute atomic E-state index is 0.0323. The molecule has 1 N–H and O–H groups in total. The van der Waals surface area contributed by atoms with E-state index in [-0.39, 0.29) is 12.1 Å². The molecule has 0 bridgehead atoms. The molecule has 5 nitrogen and oxygen atoms in total. The van der Waals surface area contributed by atoms with Crippen LogP contribution in [-0.4, -0.2) is 29.2 Å². The van der Waals surface area contributed by atoms with Crippen molar-refractivity contribution in [3.8, 4) is 10.8 Å². The fraction of sp³-hybridized carbons (Fsp3) is 0.300. The number of benzene rings is 2. The van der Waals surface area contributed by atoms with Gasteiger partial charge in [0.1, 0.15) is 10.8 Å². The Hall–Kier alpha value is -3.51. The Morgan fingerprint density at radius 1 is 1.03 bits per heavy atom. The number of carbonyl (C=O) groups excluding carboxylic acids is 1. The van der Waals surface area contributed by atoms with E-state index in [1.165, 1.54) is 39.4 Å². The van der Waals surface area contributed by atoms with Crippen molar-refractivity contribution in [1.29, 1.82) is 0 Å². The number of methoxy groups -OCH3 is 1. The predicted molar refractivity (Wildman–Crippen MR) is 144 cm³/mol. The molecule has 6 heteroatoms.